The molecule has 1 aliphatic rings. The summed E-state index contributed by atoms with van der Waals surface area (Å²) in [4.78, 5) is 3.16. The molecule has 1 aliphatic heterocycles. The molecule has 3 rings (SSSR count). The number of hydrazone groups is 1. The number of aliphatic hydroxyl groups excluding tert-OH is 1. The molecule has 45 heavy (non-hydrogen) atoms. The monoisotopic (exact) mass is 656 g/mol. The molecule has 7 nitrogen and oxygen atoms in total. The zero-order valence-electron chi connectivity index (χ0n) is 24.9. The topological polar surface area (TPSA) is 94.3 Å². The minimum Gasteiger partial charge on any atom is -0.393 e. The lowest BCUT2D eigenvalue weighted by atomic mass is 9.88. The maximum Gasteiger partial charge on any atom is 0.416 e. The lowest BCUT2D eigenvalue weighted by Crippen LogP contribution is -2.41. The van der Waals surface area contributed by atoms with Crippen LogP contribution in [0.25, 0.3) is 0 Å². The summed E-state index contributed by atoms with van der Waals surface area (Å²) in [6.45, 7) is 3.57. The van der Waals surface area contributed by atoms with Crippen LogP contribution >= 0.6 is 0 Å². The van der Waals surface area contributed by atoms with E-state index in [4.69, 9.17) is 11.6 Å². The van der Waals surface area contributed by atoms with Crippen LogP contribution in [0.1, 0.15) is 72.5 Å². The van der Waals surface area contributed by atoms with Crippen LogP contribution < -0.4 is 11.6 Å². The van der Waals surface area contributed by atoms with Crippen molar-refractivity contribution in [1.82, 2.24) is 14.9 Å². The van der Waals surface area contributed by atoms with Gasteiger partial charge in [0, 0.05) is 26.2 Å². The smallest absolute Gasteiger partial charge is 0.393 e. The highest BCUT2D eigenvalue weighted by molar-refractivity contribution is 5.78. The van der Waals surface area contributed by atoms with Gasteiger partial charge in [-0.1, -0.05) is 13.0 Å². The summed E-state index contributed by atoms with van der Waals surface area (Å²) in [7, 11) is 1.26. The highest BCUT2D eigenvalue weighted by Crippen LogP contribution is 2.38. The van der Waals surface area contributed by atoms with E-state index >= 15 is 0 Å². The summed E-state index contributed by atoms with van der Waals surface area (Å²) in [6.07, 6.45) is -13.7. The Hall–Kier alpha value is -3.24. The van der Waals surface area contributed by atoms with Crippen molar-refractivity contribution in [3.63, 3.8) is 0 Å². The molecule has 1 heterocycles. The molecule has 2 atom stereocenters. The second-order valence-corrected chi connectivity index (χ2v) is 11.3. The van der Waals surface area contributed by atoms with Gasteiger partial charge in [-0.15, -0.1) is 5.10 Å². The van der Waals surface area contributed by atoms with E-state index in [-0.39, 0.29) is 23.6 Å². The Morgan fingerprint density at radius 3 is 1.89 bits per heavy atom. The van der Waals surface area contributed by atoms with E-state index in [0.717, 1.165) is 22.2 Å². The maximum atomic E-state index is 13.9. The zero-order chi connectivity index (χ0) is 33.9. The van der Waals surface area contributed by atoms with E-state index in [9.17, 15) is 44.6 Å². The van der Waals surface area contributed by atoms with Gasteiger partial charge in [0.1, 0.15) is 0 Å². The summed E-state index contributed by atoms with van der Waals surface area (Å²) in [5.74, 6) is 5.18. The molecular weight excluding hydrogens is 619 g/mol. The van der Waals surface area contributed by atoms with Crippen LogP contribution in [0.5, 0.6) is 0 Å². The second kappa shape index (κ2) is 14.0. The van der Waals surface area contributed by atoms with E-state index in [1.165, 1.54) is 13.1 Å². The van der Waals surface area contributed by atoms with Gasteiger partial charge in [-0.05, 0) is 92.2 Å². The van der Waals surface area contributed by atoms with Gasteiger partial charge in [0.15, 0.2) is 0 Å². The Kier molecular flexibility index (Phi) is 11.3. The van der Waals surface area contributed by atoms with E-state index in [2.05, 4.69) is 10.0 Å². The number of alkyl halides is 9. The van der Waals surface area contributed by atoms with Crippen molar-refractivity contribution in [1.29, 1.82) is 0 Å². The molecule has 2 aromatic rings. The number of halogens is 9. The lowest BCUT2D eigenvalue weighted by Gasteiger charge is -2.39. The van der Waals surface area contributed by atoms with E-state index in [1.54, 1.807) is 6.92 Å². The predicted octanol–water partition coefficient (Wildman–Crippen LogP) is 6.32. The number of hydrogen-bond acceptors (Lipinski definition) is 5. The minimum atomic E-state index is -5.11. The van der Waals surface area contributed by atoms with Crippen LogP contribution in [-0.4, -0.2) is 52.2 Å². The van der Waals surface area contributed by atoms with Crippen molar-refractivity contribution in [3.05, 3.63) is 69.8 Å². The first kappa shape index (κ1) is 36.2. The van der Waals surface area contributed by atoms with Crippen molar-refractivity contribution in [2.75, 3.05) is 20.1 Å². The summed E-state index contributed by atoms with van der Waals surface area (Å²) in [5.41, 5.74) is 2.14. The molecule has 16 heteroatoms. The number of aliphatic hydroxyl groups is 1. The van der Waals surface area contributed by atoms with Crippen LogP contribution in [0.3, 0.4) is 0 Å². The first-order valence-corrected chi connectivity index (χ1v) is 14.2. The quantitative estimate of drug-likeness (QED) is 0.0962. The Balaban J connectivity index is 2.12. The standard InChI is InChI=1S/C29H37F9N6O/c1-4-25(43-9-7-19(8-10-43)17(2)45)24-6-5-21(27(30,31)32)13-20(24)16-44(26(39)41-42(3)40)15-18-11-22(28(33,34)35)14-23(12-18)29(36,37)38/h5-6,11-14,17,19,25,45H,4,7-10,15-16,40H2,1-3H3,(H2,39,41). The third-order valence-electron chi connectivity index (χ3n) is 7.88. The summed E-state index contributed by atoms with van der Waals surface area (Å²) < 4.78 is 123. The predicted molar refractivity (Wildman–Crippen MR) is 150 cm³/mol. The van der Waals surface area contributed by atoms with E-state index in [1.807, 2.05) is 6.92 Å². The number of nitrogens with zero attached hydrogens (tertiary/aromatic N) is 4. The summed E-state index contributed by atoms with van der Waals surface area (Å²) in [5, 5.41) is 14.6. The lowest BCUT2D eigenvalue weighted by molar-refractivity contribution is -0.143. The van der Waals surface area contributed by atoms with E-state index in [0.29, 0.717) is 50.0 Å². The normalized spacial score (nSPS) is 17.3. The zero-order valence-corrected chi connectivity index (χ0v) is 24.9. The first-order chi connectivity index (χ1) is 20.7. The van der Waals surface area contributed by atoms with Gasteiger partial charge in [-0.3, -0.25) is 4.90 Å². The molecule has 2 aromatic carbocycles. The first-order valence-electron chi connectivity index (χ1n) is 14.2. The van der Waals surface area contributed by atoms with Crippen molar-refractivity contribution >= 4 is 5.96 Å². The highest BCUT2D eigenvalue weighted by Gasteiger charge is 2.38. The average molecular weight is 657 g/mol. The number of hydrogen-bond donors (Lipinski definition) is 3. The SMILES string of the molecule is CCC(c1ccc(C(F)(F)F)cc1CN(Cc1cc(C(F)(F)F)cc(C(F)(F)F)c1)/C(N)=N/N(C)N)N1CCC(C(C)O)CC1. The van der Waals surface area contributed by atoms with Crippen LogP contribution in [0.15, 0.2) is 41.5 Å². The fourth-order valence-corrected chi connectivity index (χ4v) is 5.61. The molecule has 0 spiro atoms. The fraction of sp³-hybridized carbons (Fsp3) is 0.552. The molecule has 0 amide bonds. The minimum absolute atomic E-state index is 0.0174. The second-order valence-electron chi connectivity index (χ2n) is 11.3. The van der Waals surface area contributed by atoms with Crippen molar-refractivity contribution < 1.29 is 44.6 Å². The molecule has 1 saturated heterocycles. The average Bonchev–Trinajstić information content (AvgIpc) is 2.92. The number of rotatable bonds is 9. The number of hydrazine groups is 1. The molecule has 2 unspecified atom stereocenters. The number of benzene rings is 2. The van der Waals surface area contributed by atoms with E-state index < -0.39 is 65.9 Å². The van der Waals surface area contributed by atoms with Crippen LogP contribution in [0, 0.1) is 5.92 Å². The molecule has 5 N–H and O–H groups in total. The Labute approximate surface area is 255 Å². The van der Waals surface area contributed by atoms with Gasteiger partial charge in [0.05, 0.1) is 22.8 Å². The Bertz CT molecular complexity index is 1280. The third-order valence-corrected chi connectivity index (χ3v) is 7.88. The number of likely N-dealkylation sites (tertiary alicyclic amines) is 1. The highest BCUT2D eigenvalue weighted by atomic mass is 19.4. The van der Waals surface area contributed by atoms with Crippen molar-refractivity contribution in [2.45, 2.75) is 76.9 Å². The van der Waals surface area contributed by atoms with Crippen LogP contribution in [-0.2, 0) is 31.6 Å². The largest absolute Gasteiger partial charge is 0.416 e. The molecule has 252 valence electrons. The molecule has 0 aliphatic carbocycles. The fourth-order valence-electron chi connectivity index (χ4n) is 5.61. The third kappa shape index (κ3) is 9.63. The number of nitrogens with two attached hydrogens (primary N) is 2. The summed E-state index contributed by atoms with van der Waals surface area (Å²) >= 11 is 0. The molecule has 0 aromatic heterocycles. The molecule has 0 radical (unpaired) electrons. The molecular formula is C29H37F9N6O. The molecule has 1 fully saturated rings. The maximum absolute atomic E-state index is 13.9. The van der Waals surface area contributed by atoms with Gasteiger partial charge in [-0.2, -0.15) is 39.5 Å². The molecule has 0 saturated carbocycles. The van der Waals surface area contributed by atoms with Gasteiger partial charge in [-0.25, -0.2) is 11.0 Å². The van der Waals surface area contributed by atoms with Gasteiger partial charge in [0.25, 0.3) is 0 Å². The Morgan fingerprint density at radius 1 is 0.911 bits per heavy atom. The van der Waals surface area contributed by atoms with Crippen LogP contribution in [0.2, 0.25) is 0 Å². The van der Waals surface area contributed by atoms with Gasteiger partial charge >= 0.3 is 18.5 Å². The summed E-state index contributed by atoms with van der Waals surface area (Å²) in [6, 6.07) is 3.82. The number of piperidine rings is 1. The van der Waals surface area contributed by atoms with Crippen molar-refractivity contribution in [3.8, 4) is 0 Å². The van der Waals surface area contributed by atoms with Crippen molar-refractivity contribution in [2.24, 2.45) is 22.6 Å². The van der Waals surface area contributed by atoms with Gasteiger partial charge < -0.3 is 15.7 Å². The van der Waals surface area contributed by atoms with Gasteiger partial charge in [0.2, 0.25) is 5.96 Å². The Morgan fingerprint density at radius 2 is 1.44 bits per heavy atom. The van der Waals surface area contributed by atoms with Crippen LogP contribution in [0.4, 0.5) is 39.5 Å². The molecule has 0 bridgehead atoms. The number of guanidine groups is 1.